The van der Waals surface area contributed by atoms with Gasteiger partial charge in [-0.2, -0.15) is 13.2 Å². The highest BCUT2D eigenvalue weighted by Gasteiger charge is 2.52. The summed E-state index contributed by atoms with van der Waals surface area (Å²) in [5.74, 6) is -1.57. The first-order chi connectivity index (χ1) is 15.6. The lowest BCUT2D eigenvalue weighted by Crippen LogP contribution is -2.63. The van der Waals surface area contributed by atoms with Crippen molar-refractivity contribution >= 4 is 11.9 Å². The maximum atomic E-state index is 12.6. The molecular weight excluding hydrogens is 441 g/mol. The van der Waals surface area contributed by atoms with E-state index >= 15 is 0 Å². The van der Waals surface area contributed by atoms with E-state index in [0.29, 0.717) is 31.5 Å². The highest BCUT2D eigenvalue weighted by Crippen LogP contribution is 2.43. The van der Waals surface area contributed by atoms with Crippen LogP contribution in [0.25, 0.3) is 0 Å². The van der Waals surface area contributed by atoms with Crippen LogP contribution in [0.15, 0.2) is 24.3 Å². The predicted octanol–water partition coefficient (Wildman–Crippen LogP) is 3.71. The van der Waals surface area contributed by atoms with E-state index in [4.69, 9.17) is 19.4 Å². The fraction of sp³-hybridized carbons (Fsp3) is 0.652. The number of rotatable bonds is 7. The second-order valence-electron chi connectivity index (χ2n) is 8.29. The maximum absolute atomic E-state index is 12.6. The predicted molar refractivity (Wildman–Crippen MR) is 116 cm³/mol. The Balaban J connectivity index is 0.000000479. The van der Waals surface area contributed by atoms with E-state index in [0.717, 1.165) is 44.5 Å². The summed E-state index contributed by atoms with van der Waals surface area (Å²) < 4.78 is 42.3. The number of aliphatic carboxylic acids is 1. The van der Waals surface area contributed by atoms with Crippen LogP contribution in [0.1, 0.15) is 44.6 Å². The van der Waals surface area contributed by atoms with Crippen molar-refractivity contribution in [3.63, 3.8) is 0 Å². The van der Waals surface area contributed by atoms with Crippen molar-refractivity contribution in [1.29, 1.82) is 0 Å². The second kappa shape index (κ2) is 11.7. The molecule has 2 heterocycles. The number of halogens is 3. The van der Waals surface area contributed by atoms with Gasteiger partial charge in [0.1, 0.15) is 5.75 Å². The average Bonchev–Trinajstić information content (AvgIpc) is 3.08. The molecule has 1 spiro atoms. The molecule has 2 aliphatic rings. The summed E-state index contributed by atoms with van der Waals surface area (Å²) in [6, 6.07) is 8.76. The number of amides is 1. The van der Waals surface area contributed by atoms with Gasteiger partial charge in [-0.1, -0.05) is 19.1 Å². The third-order valence-corrected chi connectivity index (χ3v) is 6.42. The number of likely N-dealkylation sites (tertiary alicyclic amines) is 2. The molecule has 2 atom stereocenters. The van der Waals surface area contributed by atoms with Crippen molar-refractivity contribution in [2.75, 3.05) is 33.9 Å². The molecule has 33 heavy (non-hydrogen) atoms. The Hall–Kier alpha value is -2.33. The summed E-state index contributed by atoms with van der Waals surface area (Å²) in [5.41, 5.74) is 1.28. The summed E-state index contributed by atoms with van der Waals surface area (Å²) >= 11 is 0. The van der Waals surface area contributed by atoms with Crippen molar-refractivity contribution in [2.24, 2.45) is 0 Å². The van der Waals surface area contributed by atoms with Crippen LogP contribution in [-0.2, 0) is 20.9 Å². The third-order valence-electron chi connectivity index (χ3n) is 6.42. The van der Waals surface area contributed by atoms with Gasteiger partial charge in [0.05, 0.1) is 19.3 Å². The van der Waals surface area contributed by atoms with Crippen molar-refractivity contribution in [2.45, 2.75) is 63.3 Å². The van der Waals surface area contributed by atoms with E-state index < -0.39 is 12.1 Å². The largest absolute Gasteiger partial charge is 0.497 e. The molecule has 7 nitrogen and oxygen atoms in total. The number of carbonyl (C=O) groups excluding carboxylic acids is 1. The number of ether oxygens (including phenoxy) is 2. The first kappa shape index (κ1) is 26.9. The van der Waals surface area contributed by atoms with E-state index in [2.05, 4.69) is 28.9 Å². The molecule has 10 heteroatoms. The van der Waals surface area contributed by atoms with Gasteiger partial charge in [0.15, 0.2) is 0 Å². The molecule has 0 aromatic heterocycles. The van der Waals surface area contributed by atoms with Crippen LogP contribution in [0, 0.1) is 0 Å². The van der Waals surface area contributed by atoms with Crippen LogP contribution >= 0.6 is 0 Å². The minimum absolute atomic E-state index is 0.0188. The number of nitrogens with zero attached hydrogens (tertiary/aromatic N) is 2. The number of alkyl halides is 3. The van der Waals surface area contributed by atoms with Gasteiger partial charge in [-0.05, 0) is 49.9 Å². The number of carboxylic acids is 1. The molecule has 0 saturated carbocycles. The smallest absolute Gasteiger partial charge is 0.490 e. The lowest BCUT2D eigenvalue weighted by molar-refractivity contribution is -0.192. The average molecular weight is 475 g/mol. The second-order valence-corrected chi connectivity index (χ2v) is 8.29. The monoisotopic (exact) mass is 474 g/mol. The van der Waals surface area contributed by atoms with Crippen LogP contribution in [0.3, 0.4) is 0 Å². The van der Waals surface area contributed by atoms with Crippen molar-refractivity contribution < 1.29 is 37.3 Å². The number of hydrogen-bond acceptors (Lipinski definition) is 5. The number of carboxylic acid groups (broad SMARTS) is 1. The van der Waals surface area contributed by atoms with E-state index in [1.54, 1.807) is 14.2 Å². The van der Waals surface area contributed by atoms with Crippen molar-refractivity contribution in [1.82, 2.24) is 9.80 Å². The van der Waals surface area contributed by atoms with Crippen LogP contribution < -0.4 is 4.74 Å². The zero-order chi connectivity index (χ0) is 24.6. The standard InChI is InChI=1S/C21H32N2O3.C2HF3O2/c1-4-19-21(12-10-20(24)23(21)14-15-25-2)11-5-13-22(19)16-17-6-8-18(26-3)9-7-17;3-2(4,5)1(6)7/h6-9,19H,4-5,10-16H2,1-3H3;(H,6,7)/t19-,21-;/m0./s1. The molecule has 0 bridgehead atoms. The Morgan fingerprint density at radius 2 is 1.85 bits per heavy atom. The molecule has 3 rings (SSSR count). The molecule has 0 aliphatic carbocycles. The Labute approximate surface area is 192 Å². The molecule has 1 aromatic carbocycles. The topological polar surface area (TPSA) is 79.3 Å². The van der Waals surface area contributed by atoms with Gasteiger partial charge in [-0.25, -0.2) is 4.79 Å². The van der Waals surface area contributed by atoms with Crippen molar-refractivity contribution in [3.8, 4) is 5.75 Å². The van der Waals surface area contributed by atoms with Gasteiger partial charge in [0.2, 0.25) is 5.91 Å². The van der Waals surface area contributed by atoms with Crippen LogP contribution in [0.5, 0.6) is 5.75 Å². The van der Waals surface area contributed by atoms with Crippen LogP contribution in [0.4, 0.5) is 13.2 Å². The van der Waals surface area contributed by atoms with Gasteiger partial charge >= 0.3 is 12.1 Å². The van der Waals surface area contributed by atoms with E-state index in [-0.39, 0.29) is 5.54 Å². The molecule has 1 N–H and O–H groups in total. The molecule has 186 valence electrons. The van der Waals surface area contributed by atoms with Gasteiger partial charge < -0.3 is 19.5 Å². The van der Waals surface area contributed by atoms with Crippen LogP contribution in [-0.4, -0.2) is 78.5 Å². The van der Waals surface area contributed by atoms with E-state index in [1.165, 1.54) is 5.56 Å². The zero-order valence-corrected chi connectivity index (χ0v) is 19.4. The molecule has 1 aromatic rings. The lowest BCUT2D eigenvalue weighted by atomic mass is 9.77. The number of methoxy groups -OCH3 is 2. The maximum Gasteiger partial charge on any atom is 0.490 e. The first-order valence-electron chi connectivity index (χ1n) is 11.1. The first-order valence-corrected chi connectivity index (χ1v) is 11.1. The van der Waals surface area contributed by atoms with Crippen molar-refractivity contribution in [3.05, 3.63) is 29.8 Å². The summed E-state index contributed by atoms with van der Waals surface area (Å²) in [4.78, 5) is 26.2. The highest BCUT2D eigenvalue weighted by atomic mass is 19.4. The molecule has 2 aliphatic heterocycles. The quantitative estimate of drug-likeness (QED) is 0.649. The SMILES string of the molecule is CC[C@@H]1N(Cc2ccc(OC)cc2)CCC[C@]12CCC(=O)N2CCOC.O=C(O)C(F)(F)F. The zero-order valence-electron chi connectivity index (χ0n) is 19.4. The number of hydrogen-bond donors (Lipinski definition) is 1. The normalized spacial score (nSPS) is 23.4. The van der Waals surface area contributed by atoms with Crippen LogP contribution in [0.2, 0.25) is 0 Å². The fourth-order valence-corrected chi connectivity index (χ4v) is 5.02. The molecular formula is C23H33F3N2O5. The number of carbonyl (C=O) groups is 2. The minimum atomic E-state index is -5.08. The summed E-state index contributed by atoms with van der Waals surface area (Å²) in [6.45, 7) is 5.61. The summed E-state index contributed by atoms with van der Waals surface area (Å²) in [6.07, 6.45) is -0.111. The van der Waals surface area contributed by atoms with E-state index in [1.807, 2.05) is 12.1 Å². The van der Waals surface area contributed by atoms with Gasteiger partial charge in [0, 0.05) is 32.7 Å². The highest BCUT2D eigenvalue weighted by molar-refractivity contribution is 5.80. The Morgan fingerprint density at radius 3 is 2.36 bits per heavy atom. The number of piperidine rings is 1. The lowest BCUT2D eigenvalue weighted by Gasteiger charge is -2.52. The Bertz CT molecular complexity index is 787. The van der Waals surface area contributed by atoms with E-state index in [9.17, 15) is 18.0 Å². The van der Waals surface area contributed by atoms with Gasteiger partial charge in [0.25, 0.3) is 0 Å². The molecule has 2 saturated heterocycles. The molecule has 0 radical (unpaired) electrons. The molecule has 2 fully saturated rings. The van der Waals surface area contributed by atoms with Gasteiger partial charge in [-0.15, -0.1) is 0 Å². The molecule has 1 amide bonds. The fourth-order valence-electron chi connectivity index (χ4n) is 5.02. The summed E-state index contributed by atoms with van der Waals surface area (Å²) in [5, 5.41) is 7.12. The Morgan fingerprint density at radius 1 is 1.21 bits per heavy atom. The minimum Gasteiger partial charge on any atom is -0.497 e. The Kier molecular flexibility index (Phi) is 9.54. The molecule has 0 unspecified atom stereocenters. The number of benzene rings is 1. The summed E-state index contributed by atoms with van der Waals surface area (Å²) in [7, 11) is 3.41. The third kappa shape index (κ3) is 6.60. The van der Waals surface area contributed by atoms with Gasteiger partial charge in [-0.3, -0.25) is 9.69 Å².